The molecule has 0 aromatic heterocycles. The Labute approximate surface area is 48.4 Å². The van der Waals surface area contributed by atoms with Gasteiger partial charge < -0.3 is 9.94 Å². The molecule has 1 saturated carbocycles. The van der Waals surface area contributed by atoms with Gasteiger partial charge >= 0.3 is 0 Å². The molecule has 0 spiro atoms. The van der Waals surface area contributed by atoms with E-state index in [1.54, 1.807) is 0 Å². The van der Waals surface area contributed by atoms with E-state index in [1.807, 2.05) is 0 Å². The molecule has 0 unspecified atom stereocenters. The van der Waals surface area contributed by atoms with Gasteiger partial charge in [-0.25, -0.2) is 5.90 Å². The number of nitrogens with two attached hydrogens (primary N) is 1. The van der Waals surface area contributed by atoms with Gasteiger partial charge in [-0.2, -0.15) is 0 Å². The molecule has 0 heterocycles. The first-order chi connectivity index (χ1) is 3.88. The first-order valence-electron chi connectivity index (χ1n) is 2.81. The van der Waals surface area contributed by atoms with Crippen LogP contribution in [0.15, 0.2) is 0 Å². The van der Waals surface area contributed by atoms with E-state index in [0.29, 0.717) is 18.4 Å². The number of hydrogen-bond acceptors (Lipinski definition) is 3. The first kappa shape index (κ1) is 6.01. The van der Waals surface area contributed by atoms with Gasteiger partial charge in [0, 0.05) is 6.61 Å². The van der Waals surface area contributed by atoms with Gasteiger partial charge in [-0.3, -0.25) is 0 Å². The lowest BCUT2D eigenvalue weighted by atomic mass is 10.3. The van der Waals surface area contributed by atoms with E-state index >= 15 is 0 Å². The zero-order valence-electron chi connectivity index (χ0n) is 4.71. The summed E-state index contributed by atoms with van der Waals surface area (Å²) in [5.74, 6) is 5.81. The molecular formula is C5H11NO2. The van der Waals surface area contributed by atoms with Gasteiger partial charge in [0.05, 0.1) is 6.61 Å². The molecular weight excluding hydrogens is 106 g/mol. The van der Waals surface area contributed by atoms with Gasteiger partial charge in [0.15, 0.2) is 0 Å². The van der Waals surface area contributed by atoms with Crippen molar-refractivity contribution in [3.63, 3.8) is 0 Å². The zero-order valence-corrected chi connectivity index (χ0v) is 4.71. The summed E-state index contributed by atoms with van der Waals surface area (Å²) in [6.45, 7) is 0.888. The lowest BCUT2D eigenvalue weighted by molar-refractivity contribution is 0.119. The highest BCUT2D eigenvalue weighted by Crippen LogP contribution is 2.37. The summed E-state index contributed by atoms with van der Waals surface area (Å²) in [7, 11) is 0. The van der Waals surface area contributed by atoms with Crippen LogP contribution in [0.1, 0.15) is 6.42 Å². The molecule has 1 fully saturated rings. The van der Waals surface area contributed by atoms with Crippen molar-refractivity contribution in [3.8, 4) is 0 Å². The minimum atomic E-state index is 0.286. The lowest BCUT2D eigenvalue weighted by Crippen LogP contribution is -2.04. The highest BCUT2D eigenvalue weighted by molar-refractivity contribution is 4.84. The van der Waals surface area contributed by atoms with Crippen molar-refractivity contribution < 1.29 is 9.94 Å². The Hall–Kier alpha value is -0.120. The molecule has 0 amide bonds. The fraction of sp³-hybridized carbons (Fsp3) is 1.00. The van der Waals surface area contributed by atoms with E-state index in [2.05, 4.69) is 4.84 Å². The van der Waals surface area contributed by atoms with Crippen LogP contribution in [0.2, 0.25) is 0 Å². The monoisotopic (exact) mass is 117 g/mol. The van der Waals surface area contributed by atoms with Crippen molar-refractivity contribution in [3.05, 3.63) is 0 Å². The average molecular weight is 117 g/mol. The van der Waals surface area contributed by atoms with Crippen LogP contribution in [-0.2, 0) is 4.84 Å². The van der Waals surface area contributed by atoms with Gasteiger partial charge in [0.2, 0.25) is 0 Å². The fourth-order valence-electron chi connectivity index (χ4n) is 0.862. The molecule has 0 aromatic rings. The van der Waals surface area contributed by atoms with E-state index in [0.717, 1.165) is 6.42 Å². The SMILES string of the molecule is NOC[C@@H]1C[C@H]1CO. The normalized spacial score (nSPS) is 35.2. The lowest BCUT2D eigenvalue weighted by Gasteiger charge is -1.91. The van der Waals surface area contributed by atoms with E-state index in [4.69, 9.17) is 11.0 Å². The minimum absolute atomic E-state index is 0.286. The van der Waals surface area contributed by atoms with Crippen LogP contribution in [0, 0.1) is 11.8 Å². The van der Waals surface area contributed by atoms with Gasteiger partial charge in [0.25, 0.3) is 0 Å². The molecule has 0 radical (unpaired) electrons. The Morgan fingerprint density at radius 3 is 2.75 bits per heavy atom. The third-order valence-electron chi connectivity index (χ3n) is 1.61. The second-order valence-corrected chi connectivity index (χ2v) is 2.27. The maximum absolute atomic E-state index is 8.51. The summed E-state index contributed by atoms with van der Waals surface area (Å²) in [6.07, 6.45) is 1.08. The Morgan fingerprint density at radius 2 is 2.38 bits per heavy atom. The van der Waals surface area contributed by atoms with E-state index in [9.17, 15) is 0 Å². The summed E-state index contributed by atoms with van der Waals surface area (Å²) in [5, 5.41) is 8.51. The fourth-order valence-corrected chi connectivity index (χ4v) is 0.862. The highest BCUT2D eigenvalue weighted by atomic mass is 16.6. The minimum Gasteiger partial charge on any atom is -0.396 e. The van der Waals surface area contributed by atoms with Crippen LogP contribution in [0.3, 0.4) is 0 Å². The van der Waals surface area contributed by atoms with Crippen LogP contribution in [0.5, 0.6) is 0 Å². The Kier molecular flexibility index (Phi) is 1.83. The largest absolute Gasteiger partial charge is 0.396 e. The molecule has 1 rings (SSSR count). The summed E-state index contributed by atoms with van der Waals surface area (Å²) in [4.78, 5) is 4.39. The van der Waals surface area contributed by atoms with Crippen molar-refractivity contribution in [2.75, 3.05) is 13.2 Å². The molecule has 3 N–H and O–H groups in total. The quantitative estimate of drug-likeness (QED) is 0.490. The predicted molar refractivity (Wildman–Crippen MR) is 28.8 cm³/mol. The van der Waals surface area contributed by atoms with E-state index in [1.165, 1.54) is 0 Å². The summed E-state index contributed by atoms with van der Waals surface area (Å²) >= 11 is 0. The van der Waals surface area contributed by atoms with Crippen LogP contribution < -0.4 is 5.90 Å². The summed E-state index contributed by atoms with van der Waals surface area (Å²) < 4.78 is 0. The molecule has 1 aliphatic carbocycles. The molecule has 3 heteroatoms. The van der Waals surface area contributed by atoms with Crippen LogP contribution >= 0.6 is 0 Å². The van der Waals surface area contributed by atoms with Gasteiger partial charge in [-0.1, -0.05) is 0 Å². The number of aliphatic hydroxyl groups excluding tert-OH is 1. The van der Waals surface area contributed by atoms with Crippen molar-refractivity contribution >= 4 is 0 Å². The Balaban J connectivity index is 1.99. The predicted octanol–water partition coefficient (Wildman–Crippen LogP) is -0.495. The molecule has 1 aliphatic rings. The molecule has 0 aromatic carbocycles. The summed E-state index contributed by atoms with van der Waals surface area (Å²) in [5.41, 5.74) is 0. The van der Waals surface area contributed by atoms with Gasteiger partial charge in [0.1, 0.15) is 0 Å². The highest BCUT2D eigenvalue weighted by Gasteiger charge is 2.36. The zero-order chi connectivity index (χ0) is 5.98. The first-order valence-corrected chi connectivity index (χ1v) is 2.81. The maximum atomic E-state index is 8.51. The third kappa shape index (κ3) is 1.18. The topological polar surface area (TPSA) is 55.5 Å². The summed E-state index contributed by atoms with van der Waals surface area (Å²) in [6, 6.07) is 0. The Morgan fingerprint density at radius 1 is 1.62 bits per heavy atom. The average Bonchev–Trinajstić information content (AvgIpc) is 2.48. The van der Waals surface area contributed by atoms with Crippen molar-refractivity contribution in [1.82, 2.24) is 0 Å². The van der Waals surface area contributed by atoms with Crippen molar-refractivity contribution in [2.24, 2.45) is 17.7 Å². The molecule has 3 nitrogen and oxygen atoms in total. The van der Waals surface area contributed by atoms with Crippen LogP contribution in [0.25, 0.3) is 0 Å². The third-order valence-corrected chi connectivity index (χ3v) is 1.61. The second kappa shape index (κ2) is 2.44. The van der Waals surface area contributed by atoms with Crippen molar-refractivity contribution in [2.45, 2.75) is 6.42 Å². The maximum Gasteiger partial charge on any atom is 0.0711 e. The van der Waals surface area contributed by atoms with E-state index < -0.39 is 0 Å². The standard InChI is InChI=1S/C5H11NO2/c6-8-3-5-1-4(5)2-7/h4-5,7H,1-3,6H2/t4-,5-/m0/s1. The Bertz CT molecular complexity index is 76.8. The molecule has 8 heavy (non-hydrogen) atoms. The number of rotatable bonds is 3. The molecule has 0 bridgehead atoms. The van der Waals surface area contributed by atoms with Crippen LogP contribution in [0.4, 0.5) is 0 Å². The molecule has 2 atom stereocenters. The number of hydrogen-bond donors (Lipinski definition) is 2. The van der Waals surface area contributed by atoms with Crippen LogP contribution in [-0.4, -0.2) is 18.3 Å². The molecule has 48 valence electrons. The smallest absolute Gasteiger partial charge is 0.0711 e. The van der Waals surface area contributed by atoms with Gasteiger partial charge in [-0.05, 0) is 18.3 Å². The van der Waals surface area contributed by atoms with Crippen molar-refractivity contribution in [1.29, 1.82) is 0 Å². The molecule has 0 aliphatic heterocycles. The number of aliphatic hydroxyl groups is 1. The van der Waals surface area contributed by atoms with E-state index in [-0.39, 0.29) is 6.61 Å². The molecule has 0 saturated heterocycles. The second-order valence-electron chi connectivity index (χ2n) is 2.27. The van der Waals surface area contributed by atoms with Gasteiger partial charge in [-0.15, -0.1) is 0 Å².